The highest BCUT2D eigenvalue weighted by molar-refractivity contribution is 5.80. The van der Waals surface area contributed by atoms with Crippen LogP contribution < -0.4 is 0 Å². The van der Waals surface area contributed by atoms with Crippen LogP contribution in [0.1, 0.15) is 20.8 Å². The zero-order chi connectivity index (χ0) is 10.5. The maximum absolute atomic E-state index is 10.2. The first kappa shape index (κ1) is 11.5. The van der Waals surface area contributed by atoms with E-state index >= 15 is 0 Å². The number of ether oxygens (including phenoxy) is 2. The van der Waals surface area contributed by atoms with Crippen molar-refractivity contribution in [3.05, 3.63) is 11.8 Å². The number of carbonyl (C=O) groups excluding carboxylic acids is 1. The van der Waals surface area contributed by atoms with Crippen LogP contribution >= 0.6 is 0 Å². The van der Waals surface area contributed by atoms with Gasteiger partial charge in [-0.15, -0.1) is 0 Å². The van der Waals surface area contributed by atoms with Gasteiger partial charge >= 0.3 is 5.97 Å². The lowest BCUT2D eigenvalue weighted by molar-refractivity contribution is -0.187. The fourth-order valence-corrected chi connectivity index (χ4v) is 0.731. The van der Waals surface area contributed by atoms with E-state index in [1.165, 1.54) is 20.8 Å². The Hall–Kier alpha value is -1.52. The van der Waals surface area contributed by atoms with Gasteiger partial charge in [0.05, 0.1) is 6.08 Å². The third-order valence-corrected chi connectivity index (χ3v) is 1.07. The lowest BCUT2D eigenvalue weighted by atomic mass is 10.3. The molecule has 0 aliphatic heterocycles. The summed E-state index contributed by atoms with van der Waals surface area (Å²) in [5.74, 6) is -2.09. The van der Waals surface area contributed by atoms with Crippen LogP contribution in [0.5, 0.6) is 0 Å². The van der Waals surface area contributed by atoms with Crippen molar-refractivity contribution < 1.29 is 24.2 Å². The molecule has 0 unspecified atom stereocenters. The normalized spacial score (nSPS) is 12.1. The molecular weight excluding hydrogens is 176 g/mol. The molecule has 0 heterocycles. The molecule has 0 saturated heterocycles. The topological polar surface area (TPSA) is 72.8 Å². The van der Waals surface area contributed by atoms with E-state index in [4.69, 9.17) is 9.84 Å². The SMILES string of the molecule is C/C(=C/C(=O)O)OC(C)(C)OC=O. The first-order valence-corrected chi connectivity index (χ1v) is 3.59. The van der Waals surface area contributed by atoms with Crippen LogP contribution in [0.15, 0.2) is 11.8 Å². The average molecular weight is 188 g/mol. The van der Waals surface area contributed by atoms with Gasteiger partial charge in [0.15, 0.2) is 0 Å². The van der Waals surface area contributed by atoms with E-state index < -0.39 is 11.8 Å². The molecule has 0 aromatic heterocycles. The van der Waals surface area contributed by atoms with Crippen LogP contribution in [-0.4, -0.2) is 23.3 Å². The Kier molecular flexibility index (Phi) is 3.97. The van der Waals surface area contributed by atoms with Crippen LogP contribution in [-0.2, 0) is 19.1 Å². The largest absolute Gasteiger partial charge is 0.478 e. The summed E-state index contributed by atoms with van der Waals surface area (Å²) in [5.41, 5.74) is 0. The Morgan fingerprint density at radius 3 is 2.38 bits per heavy atom. The molecule has 74 valence electrons. The number of allylic oxidation sites excluding steroid dienone is 1. The van der Waals surface area contributed by atoms with Gasteiger partial charge in [-0.2, -0.15) is 0 Å². The van der Waals surface area contributed by atoms with Gasteiger partial charge < -0.3 is 14.6 Å². The highest BCUT2D eigenvalue weighted by atomic mass is 16.7. The molecule has 0 aromatic rings. The predicted octanol–water partition coefficient (Wildman–Crippen LogP) is 0.901. The number of carbonyl (C=O) groups is 2. The zero-order valence-corrected chi connectivity index (χ0v) is 7.73. The molecule has 0 radical (unpaired) electrons. The molecule has 0 rings (SSSR count). The molecule has 0 fully saturated rings. The fourth-order valence-electron chi connectivity index (χ4n) is 0.731. The fraction of sp³-hybridized carbons (Fsp3) is 0.500. The second kappa shape index (κ2) is 4.49. The third kappa shape index (κ3) is 5.72. The number of aliphatic carboxylic acids is 1. The highest BCUT2D eigenvalue weighted by Gasteiger charge is 2.20. The quantitative estimate of drug-likeness (QED) is 0.300. The van der Waals surface area contributed by atoms with E-state index in [1.54, 1.807) is 0 Å². The van der Waals surface area contributed by atoms with E-state index in [0.29, 0.717) is 0 Å². The number of hydrogen-bond donors (Lipinski definition) is 1. The summed E-state index contributed by atoms with van der Waals surface area (Å²) in [5, 5.41) is 8.34. The van der Waals surface area contributed by atoms with Crippen molar-refractivity contribution in [3.63, 3.8) is 0 Å². The Balaban J connectivity index is 4.25. The Bertz CT molecular complexity index is 229. The molecule has 0 aromatic carbocycles. The predicted molar refractivity (Wildman–Crippen MR) is 43.7 cm³/mol. The van der Waals surface area contributed by atoms with Crippen LogP contribution in [0.3, 0.4) is 0 Å². The lowest BCUT2D eigenvalue weighted by Gasteiger charge is -2.23. The Morgan fingerprint density at radius 1 is 1.46 bits per heavy atom. The molecule has 0 bridgehead atoms. The van der Waals surface area contributed by atoms with Crippen molar-refractivity contribution in [2.45, 2.75) is 26.6 Å². The van der Waals surface area contributed by atoms with Gasteiger partial charge in [0, 0.05) is 13.8 Å². The molecule has 0 saturated carbocycles. The average Bonchev–Trinajstić information content (AvgIpc) is 1.81. The molecule has 0 spiro atoms. The van der Waals surface area contributed by atoms with Crippen molar-refractivity contribution >= 4 is 12.4 Å². The third-order valence-electron chi connectivity index (χ3n) is 1.07. The second-order valence-corrected chi connectivity index (χ2v) is 2.81. The van der Waals surface area contributed by atoms with E-state index in [9.17, 15) is 9.59 Å². The molecule has 0 atom stereocenters. The van der Waals surface area contributed by atoms with Crippen LogP contribution in [0.2, 0.25) is 0 Å². The smallest absolute Gasteiger partial charge is 0.331 e. The molecule has 1 N–H and O–H groups in total. The van der Waals surface area contributed by atoms with Gasteiger partial charge in [0.1, 0.15) is 5.76 Å². The standard InChI is InChI=1S/C8H12O5/c1-6(4-7(10)11)13-8(2,3)12-5-9/h4-5H,1-3H3,(H,10,11)/b6-4-. The van der Waals surface area contributed by atoms with Crippen molar-refractivity contribution in [1.82, 2.24) is 0 Å². The summed E-state index contributed by atoms with van der Waals surface area (Å²) in [7, 11) is 0. The molecule has 5 heteroatoms. The summed E-state index contributed by atoms with van der Waals surface area (Å²) in [6.45, 7) is 4.71. The summed E-state index contributed by atoms with van der Waals surface area (Å²) in [6, 6.07) is 0. The van der Waals surface area contributed by atoms with Crippen molar-refractivity contribution in [1.29, 1.82) is 0 Å². The summed E-state index contributed by atoms with van der Waals surface area (Å²) < 4.78 is 9.56. The summed E-state index contributed by atoms with van der Waals surface area (Å²) >= 11 is 0. The van der Waals surface area contributed by atoms with Gasteiger partial charge in [-0.25, -0.2) is 4.79 Å². The molecule has 13 heavy (non-hydrogen) atoms. The van der Waals surface area contributed by atoms with Gasteiger partial charge in [-0.3, -0.25) is 4.79 Å². The van der Waals surface area contributed by atoms with Gasteiger partial charge in [-0.05, 0) is 6.92 Å². The first-order valence-electron chi connectivity index (χ1n) is 3.59. The Labute approximate surface area is 75.9 Å². The summed E-state index contributed by atoms with van der Waals surface area (Å²) in [4.78, 5) is 20.2. The minimum atomic E-state index is -1.14. The minimum absolute atomic E-state index is 0.166. The van der Waals surface area contributed by atoms with E-state index in [2.05, 4.69) is 4.74 Å². The van der Waals surface area contributed by atoms with E-state index in [-0.39, 0.29) is 12.2 Å². The second-order valence-electron chi connectivity index (χ2n) is 2.81. The lowest BCUT2D eigenvalue weighted by Crippen LogP contribution is -2.27. The number of hydrogen-bond acceptors (Lipinski definition) is 4. The van der Waals surface area contributed by atoms with Crippen LogP contribution in [0.4, 0.5) is 0 Å². The van der Waals surface area contributed by atoms with Crippen LogP contribution in [0, 0.1) is 0 Å². The summed E-state index contributed by atoms with van der Waals surface area (Å²) in [6.07, 6.45) is 0.885. The van der Waals surface area contributed by atoms with Crippen molar-refractivity contribution in [2.24, 2.45) is 0 Å². The van der Waals surface area contributed by atoms with E-state index in [1.807, 2.05) is 0 Å². The molecule has 0 amide bonds. The number of carboxylic acid groups (broad SMARTS) is 1. The van der Waals surface area contributed by atoms with Crippen LogP contribution in [0.25, 0.3) is 0 Å². The number of rotatable bonds is 5. The maximum Gasteiger partial charge on any atom is 0.331 e. The molecule has 0 aliphatic rings. The highest BCUT2D eigenvalue weighted by Crippen LogP contribution is 2.14. The van der Waals surface area contributed by atoms with Crippen molar-refractivity contribution in [2.75, 3.05) is 0 Å². The maximum atomic E-state index is 10.2. The minimum Gasteiger partial charge on any atom is -0.478 e. The van der Waals surface area contributed by atoms with Crippen molar-refractivity contribution in [3.8, 4) is 0 Å². The van der Waals surface area contributed by atoms with Gasteiger partial charge in [0.25, 0.3) is 6.47 Å². The molecular formula is C8H12O5. The zero-order valence-electron chi connectivity index (χ0n) is 7.73. The van der Waals surface area contributed by atoms with Gasteiger partial charge in [-0.1, -0.05) is 0 Å². The first-order chi connectivity index (χ1) is 5.87. The molecule has 0 aliphatic carbocycles. The Morgan fingerprint density at radius 2 is 2.00 bits per heavy atom. The van der Waals surface area contributed by atoms with E-state index in [0.717, 1.165) is 6.08 Å². The van der Waals surface area contributed by atoms with Gasteiger partial charge in [0.2, 0.25) is 5.79 Å². The monoisotopic (exact) mass is 188 g/mol. The molecule has 5 nitrogen and oxygen atoms in total. The number of carboxylic acids is 1.